The van der Waals surface area contributed by atoms with Crippen LogP contribution in [0.2, 0.25) is 0 Å². The van der Waals surface area contributed by atoms with Gasteiger partial charge in [-0.05, 0) is 17.7 Å². The van der Waals surface area contributed by atoms with Crippen molar-refractivity contribution in [2.75, 3.05) is 20.3 Å². The first-order valence-electron chi connectivity index (χ1n) is 6.21. The normalized spacial score (nSPS) is 10.7. The molecular formula is C14H16BrN3OS. The molecule has 6 heteroatoms. The molecule has 0 aliphatic carbocycles. The third-order valence-corrected chi connectivity index (χ3v) is 4.23. The average molecular weight is 354 g/mol. The number of nitrogens with zero attached hydrogens (tertiary/aromatic N) is 2. The Balaban J connectivity index is 1.95. The zero-order valence-electron chi connectivity index (χ0n) is 11.2. The number of methoxy groups -OCH3 is 1. The molecule has 2 aromatic rings. The average Bonchev–Trinajstić information content (AvgIpc) is 2.46. The van der Waals surface area contributed by atoms with Gasteiger partial charge in [0.1, 0.15) is 5.03 Å². The molecule has 1 N–H and O–H groups in total. The smallest absolute Gasteiger partial charge is 0.119 e. The van der Waals surface area contributed by atoms with Crippen molar-refractivity contribution in [2.24, 2.45) is 0 Å². The summed E-state index contributed by atoms with van der Waals surface area (Å²) in [6, 6.07) is 6.31. The van der Waals surface area contributed by atoms with Crippen molar-refractivity contribution in [1.82, 2.24) is 15.3 Å². The Labute approximate surface area is 131 Å². The predicted molar refractivity (Wildman–Crippen MR) is 83.9 cm³/mol. The molecule has 0 aliphatic heterocycles. The van der Waals surface area contributed by atoms with Gasteiger partial charge in [0.05, 0.1) is 12.8 Å². The minimum atomic E-state index is 0.720. The van der Waals surface area contributed by atoms with E-state index in [0.29, 0.717) is 0 Å². The van der Waals surface area contributed by atoms with Crippen LogP contribution in [0.15, 0.2) is 51.2 Å². The highest BCUT2D eigenvalue weighted by Crippen LogP contribution is 2.29. The van der Waals surface area contributed by atoms with Gasteiger partial charge in [0.25, 0.3) is 0 Å². The summed E-state index contributed by atoms with van der Waals surface area (Å²) in [6.07, 6.45) is 5.14. The molecule has 0 radical (unpaired) electrons. The fourth-order valence-electron chi connectivity index (χ4n) is 1.59. The van der Waals surface area contributed by atoms with Crippen LogP contribution in [0, 0.1) is 0 Å². The SMILES string of the molecule is COCCNCc1ccc(Sc2cnccn2)cc1Br. The topological polar surface area (TPSA) is 47.0 Å². The van der Waals surface area contributed by atoms with Gasteiger partial charge in [-0.1, -0.05) is 33.8 Å². The summed E-state index contributed by atoms with van der Waals surface area (Å²) in [5.41, 5.74) is 1.23. The second kappa shape index (κ2) is 8.36. The summed E-state index contributed by atoms with van der Waals surface area (Å²) in [4.78, 5) is 9.45. The van der Waals surface area contributed by atoms with Crippen molar-refractivity contribution in [3.63, 3.8) is 0 Å². The lowest BCUT2D eigenvalue weighted by atomic mass is 10.2. The highest BCUT2D eigenvalue weighted by molar-refractivity contribution is 9.10. The molecule has 1 aromatic heterocycles. The van der Waals surface area contributed by atoms with Crippen LogP contribution >= 0.6 is 27.7 Å². The molecule has 20 heavy (non-hydrogen) atoms. The summed E-state index contributed by atoms with van der Waals surface area (Å²) < 4.78 is 6.10. The van der Waals surface area contributed by atoms with Gasteiger partial charge < -0.3 is 10.1 Å². The summed E-state index contributed by atoms with van der Waals surface area (Å²) in [7, 11) is 1.70. The Morgan fingerprint density at radius 3 is 2.95 bits per heavy atom. The van der Waals surface area contributed by atoms with Crippen LogP contribution in [0.3, 0.4) is 0 Å². The molecular weight excluding hydrogens is 338 g/mol. The Morgan fingerprint density at radius 1 is 1.35 bits per heavy atom. The fraction of sp³-hybridized carbons (Fsp3) is 0.286. The minimum Gasteiger partial charge on any atom is -0.383 e. The Morgan fingerprint density at radius 2 is 2.25 bits per heavy atom. The van der Waals surface area contributed by atoms with E-state index in [9.17, 15) is 0 Å². The monoisotopic (exact) mass is 353 g/mol. The van der Waals surface area contributed by atoms with Crippen molar-refractivity contribution in [3.8, 4) is 0 Å². The molecule has 0 aliphatic rings. The van der Waals surface area contributed by atoms with Crippen LogP contribution in [0.1, 0.15) is 5.56 Å². The fourth-order valence-corrected chi connectivity index (χ4v) is 3.04. The van der Waals surface area contributed by atoms with Gasteiger partial charge >= 0.3 is 0 Å². The summed E-state index contributed by atoms with van der Waals surface area (Å²) >= 11 is 5.21. The van der Waals surface area contributed by atoms with Gasteiger partial charge in [-0.25, -0.2) is 4.98 Å². The highest BCUT2D eigenvalue weighted by atomic mass is 79.9. The first-order valence-corrected chi connectivity index (χ1v) is 7.82. The van der Waals surface area contributed by atoms with Crippen molar-refractivity contribution in [3.05, 3.63) is 46.8 Å². The Bertz CT molecular complexity index is 539. The maximum Gasteiger partial charge on any atom is 0.119 e. The predicted octanol–water partition coefficient (Wildman–Crippen LogP) is 3.13. The first kappa shape index (κ1) is 15.4. The zero-order valence-corrected chi connectivity index (χ0v) is 13.6. The van der Waals surface area contributed by atoms with E-state index in [1.165, 1.54) is 5.56 Å². The van der Waals surface area contributed by atoms with Crippen LogP contribution in [0.25, 0.3) is 0 Å². The van der Waals surface area contributed by atoms with Crippen LogP contribution in [-0.2, 0) is 11.3 Å². The summed E-state index contributed by atoms with van der Waals surface area (Å²) in [6.45, 7) is 2.39. The summed E-state index contributed by atoms with van der Waals surface area (Å²) in [5.74, 6) is 0. The molecule has 1 aromatic carbocycles. The molecule has 0 atom stereocenters. The second-order valence-electron chi connectivity index (χ2n) is 4.07. The van der Waals surface area contributed by atoms with E-state index in [-0.39, 0.29) is 0 Å². The van der Waals surface area contributed by atoms with Crippen LogP contribution in [-0.4, -0.2) is 30.2 Å². The van der Waals surface area contributed by atoms with Crippen LogP contribution in [0.5, 0.6) is 0 Å². The number of halogens is 1. The number of benzene rings is 1. The van der Waals surface area contributed by atoms with Gasteiger partial charge in [-0.3, -0.25) is 4.98 Å². The van der Waals surface area contributed by atoms with Crippen LogP contribution < -0.4 is 5.32 Å². The van der Waals surface area contributed by atoms with Gasteiger partial charge in [-0.15, -0.1) is 0 Å². The molecule has 0 saturated carbocycles. The van der Waals surface area contributed by atoms with E-state index in [4.69, 9.17) is 4.74 Å². The van der Waals surface area contributed by atoms with E-state index in [2.05, 4.69) is 49.4 Å². The molecule has 4 nitrogen and oxygen atoms in total. The standard InChI is InChI=1S/C14H16BrN3OS/c1-19-7-6-17-9-11-2-3-12(8-13(11)15)20-14-10-16-4-5-18-14/h2-5,8,10,17H,6-7,9H2,1H3. The third kappa shape index (κ3) is 4.86. The lowest BCUT2D eigenvalue weighted by molar-refractivity contribution is 0.199. The van der Waals surface area contributed by atoms with Gasteiger partial charge in [0.2, 0.25) is 0 Å². The van der Waals surface area contributed by atoms with Gasteiger partial charge in [0.15, 0.2) is 0 Å². The highest BCUT2D eigenvalue weighted by Gasteiger charge is 2.04. The molecule has 0 unspecified atom stereocenters. The lowest BCUT2D eigenvalue weighted by Crippen LogP contribution is -2.18. The second-order valence-corrected chi connectivity index (χ2v) is 6.02. The van der Waals surface area contributed by atoms with E-state index in [1.807, 2.05) is 0 Å². The maximum atomic E-state index is 5.01. The summed E-state index contributed by atoms with van der Waals surface area (Å²) in [5, 5.41) is 4.22. The first-order chi connectivity index (χ1) is 9.79. The zero-order chi connectivity index (χ0) is 14.2. The largest absolute Gasteiger partial charge is 0.383 e. The lowest BCUT2D eigenvalue weighted by Gasteiger charge is -2.08. The van der Waals surface area contributed by atoms with Crippen molar-refractivity contribution >= 4 is 27.7 Å². The number of hydrogen-bond acceptors (Lipinski definition) is 5. The molecule has 106 valence electrons. The third-order valence-electron chi connectivity index (χ3n) is 2.58. The number of aromatic nitrogens is 2. The molecule has 0 spiro atoms. The van der Waals surface area contributed by atoms with E-state index >= 15 is 0 Å². The molecule has 0 bridgehead atoms. The van der Waals surface area contributed by atoms with Gasteiger partial charge in [0, 0.05) is 42.0 Å². The Kier molecular flexibility index (Phi) is 6.46. The van der Waals surface area contributed by atoms with E-state index < -0.39 is 0 Å². The molecule has 1 heterocycles. The van der Waals surface area contributed by atoms with Crippen molar-refractivity contribution in [2.45, 2.75) is 16.5 Å². The number of rotatable bonds is 7. The minimum absolute atomic E-state index is 0.720. The number of hydrogen-bond donors (Lipinski definition) is 1. The van der Waals surface area contributed by atoms with Gasteiger partial charge in [-0.2, -0.15) is 0 Å². The molecule has 0 fully saturated rings. The quantitative estimate of drug-likeness (QED) is 0.774. The van der Waals surface area contributed by atoms with E-state index in [0.717, 1.165) is 34.1 Å². The van der Waals surface area contributed by atoms with Crippen molar-refractivity contribution < 1.29 is 4.74 Å². The molecule has 0 saturated heterocycles. The molecule has 0 amide bonds. The van der Waals surface area contributed by atoms with Crippen molar-refractivity contribution in [1.29, 1.82) is 0 Å². The van der Waals surface area contributed by atoms with Crippen LogP contribution in [0.4, 0.5) is 0 Å². The molecule has 2 rings (SSSR count). The number of nitrogens with one attached hydrogen (secondary N) is 1. The number of ether oxygens (including phenoxy) is 1. The van der Waals surface area contributed by atoms with E-state index in [1.54, 1.807) is 37.5 Å². The maximum absolute atomic E-state index is 5.01. The Hall–Kier alpha value is -0.950.